The lowest BCUT2D eigenvalue weighted by atomic mass is 10.0. The van der Waals surface area contributed by atoms with Crippen LogP contribution in [0.15, 0.2) is 24.3 Å². The van der Waals surface area contributed by atoms with E-state index < -0.39 is 20.0 Å². The van der Waals surface area contributed by atoms with Crippen LogP contribution in [0.25, 0.3) is 0 Å². The van der Waals surface area contributed by atoms with Crippen LogP contribution in [-0.4, -0.2) is 68.5 Å². The van der Waals surface area contributed by atoms with Crippen molar-refractivity contribution in [2.45, 2.75) is 373 Å². The van der Waals surface area contributed by atoms with E-state index in [-0.39, 0.29) is 19.1 Å². The SMILES string of the molecule is CCCCCCCCCCC/C=C/CC/C=C/C(O)C(COP(=O)([O-])OCC[N+](C)(C)C)NC(=O)CCCCCCCCCCCCCCCCCCCCCCCCCCCCCCCCCCCCCCCCCCC. The molecular weight excluding hydrogens is 984 g/mol. The van der Waals surface area contributed by atoms with Crippen molar-refractivity contribution in [2.24, 2.45) is 0 Å². The fourth-order valence-corrected chi connectivity index (χ4v) is 11.5. The fraction of sp³-hybridized carbons (Fsp3) is 0.928. The molecule has 0 heterocycles. The van der Waals surface area contributed by atoms with E-state index in [9.17, 15) is 19.4 Å². The average molecular weight is 1120 g/mol. The van der Waals surface area contributed by atoms with E-state index in [0.29, 0.717) is 17.4 Å². The van der Waals surface area contributed by atoms with Gasteiger partial charge in [-0.25, -0.2) is 0 Å². The third-order valence-corrected chi connectivity index (χ3v) is 17.1. The summed E-state index contributed by atoms with van der Waals surface area (Å²) in [5.41, 5.74) is 0. The van der Waals surface area contributed by atoms with Crippen LogP contribution < -0.4 is 10.2 Å². The van der Waals surface area contributed by atoms with Crippen molar-refractivity contribution >= 4 is 13.7 Å². The highest BCUT2D eigenvalue weighted by atomic mass is 31.2. The summed E-state index contributed by atoms with van der Waals surface area (Å²) < 4.78 is 23.4. The molecule has 0 aliphatic rings. The van der Waals surface area contributed by atoms with Crippen molar-refractivity contribution in [2.75, 3.05) is 40.9 Å². The Morgan fingerprint density at radius 1 is 0.436 bits per heavy atom. The van der Waals surface area contributed by atoms with E-state index in [0.717, 1.165) is 38.5 Å². The second-order valence-corrected chi connectivity index (χ2v) is 26.7. The Labute approximate surface area is 487 Å². The molecule has 3 atom stereocenters. The number of quaternary nitrogens is 1. The van der Waals surface area contributed by atoms with Gasteiger partial charge >= 0.3 is 0 Å². The first kappa shape index (κ1) is 77.0. The number of nitrogens with one attached hydrogen (secondary N) is 1. The summed E-state index contributed by atoms with van der Waals surface area (Å²) in [5.74, 6) is -0.200. The summed E-state index contributed by atoms with van der Waals surface area (Å²) in [5, 5.41) is 13.9. The number of amides is 1. The van der Waals surface area contributed by atoms with Gasteiger partial charge in [0.05, 0.1) is 39.9 Å². The van der Waals surface area contributed by atoms with Gasteiger partial charge in [-0.05, 0) is 32.1 Å². The number of phosphoric ester groups is 1. The molecule has 1 amide bonds. The first-order chi connectivity index (χ1) is 38.0. The lowest BCUT2D eigenvalue weighted by molar-refractivity contribution is -0.870. The number of unbranched alkanes of at least 4 members (excludes halogenated alkanes) is 50. The van der Waals surface area contributed by atoms with Crippen molar-refractivity contribution in [1.82, 2.24) is 5.32 Å². The summed E-state index contributed by atoms with van der Waals surface area (Å²) in [6, 6.07) is -0.900. The summed E-state index contributed by atoms with van der Waals surface area (Å²) in [6.07, 6.45) is 79.1. The minimum absolute atomic E-state index is 0.00376. The van der Waals surface area contributed by atoms with Crippen LogP contribution in [0.3, 0.4) is 0 Å². The number of nitrogens with zero attached hydrogens (tertiary/aromatic N) is 1. The summed E-state index contributed by atoms with van der Waals surface area (Å²) >= 11 is 0. The van der Waals surface area contributed by atoms with Crippen molar-refractivity contribution in [1.29, 1.82) is 0 Å². The highest BCUT2D eigenvalue weighted by Gasteiger charge is 2.23. The number of aliphatic hydroxyl groups is 1. The molecule has 0 spiro atoms. The standard InChI is InChI=1S/C69H137N2O6P/c1-6-8-10-12-14-16-18-20-22-23-24-25-26-27-28-29-30-31-32-33-34-35-36-37-38-39-40-41-42-43-44-45-46-47-49-51-53-55-57-59-61-63-69(73)70-67(66-77-78(74,75)76-65-64-71(3,4)5)68(72)62-60-58-56-54-52-50-48-21-19-17-15-13-11-9-7-2/h52,54,60,62,67-68,72H,6-51,53,55-59,61,63-66H2,1-5H3,(H-,70,73,74,75)/b54-52+,62-60+. The van der Waals surface area contributed by atoms with Crippen molar-refractivity contribution in [3.8, 4) is 0 Å². The van der Waals surface area contributed by atoms with E-state index >= 15 is 0 Å². The first-order valence-corrected chi connectivity index (χ1v) is 36.2. The molecule has 0 aliphatic carbocycles. The van der Waals surface area contributed by atoms with Gasteiger partial charge in [0.2, 0.25) is 5.91 Å². The van der Waals surface area contributed by atoms with Gasteiger partial charge in [0.15, 0.2) is 0 Å². The molecule has 0 aromatic carbocycles. The number of likely N-dealkylation sites (N-methyl/N-ethyl adjacent to an activating group) is 1. The number of aliphatic hydroxyl groups excluding tert-OH is 1. The quantitative estimate of drug-likeness (QED) is 0.0272. The molecule has 0 saturated carbocycles. The van der Waals surface area contributed by atoms with Gasteiger partial charge in [-0.3, -0.25) is 9.36 Å². The van der Waals surface area contributed by atoms with Gasteiger partial charge < -0.3 is 28.8 Å². The maximum Gasteiger partial charge on any atom is 0.268 e. The van der Waals surface area contributed by atoms with E-state index in [1.165, 1.54) is 302 Å². The minimum Gasteiger partial charge on any atom is -0.756 e. The molecule has 0 aromatic heterocycles. The van der Waals surface area contributed by atoms with Crippen LogP contribution >= 0.6 is 7.82 Å². The van der Waals surface area contributed by atoms with Crippen molar-refractivity contribution in [3.63, 3.8) is 0 Å². The Morgan fingerprint density at radius 3 is 1.04 bits per heavy atom. The highest BCUT2D eigenvalue weighted by Crippen LogP contribution is 2.38. The molecule has 78 heavy (non-hydrogen) atoms. The van der Waals surface area contributed by atoms with E-state index in [4.69, 9.17) is 9.05 Å². The second kappa shape index (κ2) is 60.6. The van der Waals surface area contributed by atoms with Gasteiger partial charge in [-0.1, -0.05) is 346 Å². The number of phosphoric acid groups is 1. The Balaban J connectivity index is 3.83. The minimum atomic E-state index is -4.60. The zero-order valence-corrected chi connectivity index (χ0v) is 54.0. The molecule has 0 saturated heterocycles. The van der Waals surface area contributed by atoms with Crippen molar-refractivity contribution < 1.29 is 32.9 Å². The number of rotatable bonds is 65. The summed E-state index contributed by atoms with van der Waals surface area (Å²) in [6.45, 7) is 4.67. The average Bonchev–Trinajstić information content (AvgIpc) is 3.41. The number of carbonyl (C=O) groups is 1. The molecule has 2 N–H and O–H groups in total. The third kappa shape index (κ3) is 62.6. The lowest BCUT2D eigenvalue weighted by Crippen LogP contribution is -2.45. The summed E-state index contributed by atoms with van der Waals surface area (Å²) in [7, 11) is 1.26. The zero-order valence-electron chi connectivity index (χ0n) is 53.2. The number of allylic oxidation sites excluding steroid dienone is 3. The number of hydrogen-bond acceptors (Lipinski definition) is 6. The first-order valence-electron chi connectivity index (χ1n) is 34.7. The molecule has 0 radical (unpaired) electrons. The second-order valence-electron chi connectivity index (χ2n) is 25.2. The Bertz CT molecular complexity index is 1320. The molecule has 0 fully saturated rings. The summed E-state index contributed by atoms with van der Waals surface area (Å²) in [4.78, 5) is 25.5. The topological polar surface area (TPSA) is 108 Å². The monoisotopic (exact) mass is 1120 g/mol. The van der Waals surface area contributed by atoms with Gasteiger partial charge in [0.25, 0.3) is 7.82 Å². The van der Waals surface area contributed by atoms with E-state index in [1.54, 1.807) is 6.08 Å². The number of hydrogen-bond donors (Lipinski definition) is 2. The Hall–Kier alpha value is -1.02. The van der Waals surface area contributed by atoms with Crippen LogP contribution in [0.5, 0.6) is 0 Å². The predicted octanol–water partition coefficient (Wildman–Crippen LogP) is 21.3. The van der Waals surface area contributed by atoms with E-state index in [1.807, 2.05) is 27.2 Å². The molecule has 0 bridgehead atoms. The fourth-order valence-electron chi connectivity index (χ4n) is 10.8. The Morgan fingerprint density at radius 2 is 0.718 bits per heavy atom. The van der Waals surface area contributed by atoms with Crippen LogP contribution in [0.4, 0.5) is 0 Å². The molecule has 464 valence electrons. The van der Waals surface area contributed by atoms with Gasteiger partial charge in [0.1, 0.15) is 13.2 Å². The number of carbonyl (C=O) groups excluding carboxylic acids is 1. The molecule has 0 rings (SSSR count). The molecule has 9 heteroatoms. The van der Waals surface area contributed by atoms with Crippen LogP contribution in [0.2, 0.25) is 0 Å². The Kier molecular flexibility index (Phi) is 59.8. The van der Waals surface area contributed by atoms with Crippen LogP contribution in [-0.2, 0) is 18.4 Å². The van der Waals surface area contributed by atoms with Crippen LogP contribution in [0.1, 0.15) is 361 Å². The predicted molar refractivity (Wildman–Crippen MR) is 339 cm³/mol. The molecule has 8 nitrogen and oxygen atoms in total. The van der Waals surface area contributed by atoms with Gasteiger partial charge in [0, 0.05) is 6.42 Å². The smallest absolute Gasteiger partial charge is 0.268 e. The lowest BCUT2D eigenvalue weighted by Gasteiger charge is -2.29. The maximum atomic E-state index is 13.0. The molecule has 0 aliphatic heterocycles. The largest absolute Gasteiger partial charge is 0.756 e. The zero-order chi connectivity index (χ0) is 57.0. The van der Waals surface area contributed by atoms with Crippen molar-refractivity contribution in [3.05, 3.63) is 24.3 Å². The van der Waals surface area contributed by atoms with Gasteiger partial charge in [-0.15, -0.1) is 0 Å². The molecular formula is C69H137N2O6P. The molecule has 0 aromatic rings. The maximum absolute atomic E-state index is 13.0. The highest BCUT2D eigenvalue weighted by molar-refractivity contribution is 7.45. The normalized spacial score (nSPS) is 13.8. The van der Waals surface area contributed by atoms with Crippen LogP contribution in [0, 0.1) is 0 Å². The third-order valence-electron chi connectivity index (χ3n) is 16.2. The molecule has 3 unspecified atom stereocenters. The van der Waals surface area contributed by atoms with E-state index in [2.05, 4.69) is 31.3 Å². The van der Waals surface area contributed by atoms with Gasteiger partial charge in [-0.2, -0.15) is 0 Å².